The fourth-order valence-corrected chi connectivity index (χ4v) is 3.13. The lowest BCUT2D eigenvalue weighted by atomic mass is 9.86. The molecule has 1 heterocycles. The number of halogens is 2. The fraction of sp³-hybridized carbons (Fsp3) is 0.250. The van der Waals surface area contributed by atoms with Crippen molar-refractivity contribution in [1.82, 2.24) is 20.1 Å². The highest BCUT2D eigenvalue weighted by molar-refractivity contribution is 5.99. The van der Waals surface area contributed by atoms with Crippen LogP contribution in [0.25, 0.3) is 0 Å². The van der Waals surface area contributed by atoms with Gasteiger partial charge in [0.15, 0.2) is 0 Å². The van der Waals surface area contributed by atoms with Crippen LogP contribution in [0, 0.1) is 18.6 Å². The predicted octanol–water partition coefficient (Wildman–Crippen LogP) is 2.15. The summed E-state index contributed by atoms with van der Waals surface area (Å²) in [7, 11) is 0. The maximum Gasteiger partial charge on any atom is 0.253 e. The molecule has 29 heavy (non-hydrogen) atoms. The summed E-state index contributed by atoms with van der Waals surface area (Å²) in [6.07, 6.45) is 2.61. The van der Waals surface area contributed by atoms with Crippen molar-refractivity contribution >= 4 is 11.6 Å². The van der Waals surface area contributed by atoms with Crippen molar-refractivity contribution in [2.24, 2.45) is 0 Å². The number of aromatic nitrogens is 3. The van der Waals surface area contributed by atoms with Crippen LogP contribution in [0.5, 0.6) is 0 Å². The van der Waals surface area contributed by atoms with Gasteiger partial charge in [-0.3, -0.25) is 4.79 Å². The molecule has 0 spiro atoms. The van der Waals surface area contributed by atoms with E-state index in [1.165, 1.54) is 24.3 Å². The smallest absolute Gasteiger partial charge is 0.253 e. The van der Waals surface area contributed by atoms with Crippen molar-refractivity contribution in [1.29, 1.82) is 0 Å². The first kappa shape index (κ1) is 20.4. The number of nitrogen functional groups attached to an aromatic ring is 1. The molecule has 1 aromatic heterocycles. The molecule has 9 heteroatoms. The first-order chi connectivity index (χ1) is 13.7. The zero-order chi connectivity index (χ0) is 21.2. The van der Waals surface area contributed by atoms with Gasteiger partial charge in [0.05, 0.1) is 18.2 Å². The molecule has 7 nitrogen and oxygen atoms in total. The highest BCUT2D eigenvalue weighted by Gasteiger charge is 2.40. The quantitative estimate of drug-likeness (QED) is 0.549. The molecular weight excluding hydrogens is 380 g/mol. The molecule has 1 amide bonds. The largest absolute Gasteiger partial charge is 0.398 e. The van der Waals surface area contributed by atoms with Gasteiger partial charge in [0.25, 0.3) is 5.91 Å². The number of rotatable bonds is 6. The molecule has 3 aromatic rings. The second-order valence-corrected chi connectivity index (χ2v) is 6.87. The SMILES string of the molecule is Cc1cccc(C(=O)N[C@H](C)[C@](O)(Cn2cncn2)c2ccc(F)cc2F)c1N. The summed E-state index contributed by atoms with van der Waals surface area (Å²) in [5, 5.41) is 18.0. The van der Waals surface area contributed by atoms with Gasteiger partial charge in [0, 0.05) is 17.3 Å². The van der Waals surface area contributed by atoms with Crippen molar-refractivity contribution < 1.29 is 18.7 Å². The minimum Gasteiger partial charge on any atom is -0.398 e. The molecule has 3 rings (SSSR count). The number of anilines is 1. The Morgan fingerprint density at radius 3 is 2.76 bits per heavy atom. The van der Waals surface area contributed by atoms with Crippen LogP contribution in [0.15, 0.2) is 49.1 Å². The number of hydrogen-bond acceptors (Lipinski definition) is 5. The van der Waals surface area contributed by atoms with Gasteiger partial charge in [-0.15, -0.1) is 0 Å². The number of carbonyl (C=O) groups excluding carboxylic acids is 1. The van der Waals surface area contributed by atoms with Gasteiger partial charge in [-0.2, -0.15) is 5.10 Å². The number of nitrogens with one attached hydrogen (secondary N) is 1. The molecule has 2 aromatic carbocycles. The predicted molar refractivity (Wildman–Crippen MR) is 103 cm³/mol. The van der Waals surface area contributed by atoms with Gasteiger partial charge in [-0.25, -0.2) is 18.4 Å². The van der Waals surface area contributed by atoms with Gasteiger partial charge >= 0.3 is 0 Å². The van der Waals surface area contributed by atoms with Crippen molar-refractivity contribution in [2.45, 2.75) is 32.0 Å². The molecular formula is C20H21F2N5O2. The van der Waals surface area contributed by atoms with Crippen LogP contribution in [0.1, 0.15) is 28.4 Å². The molecule has 0 aliphatic heterocycles. The number of para-hydroxylation sites is 1. The minimum atomic E-state index is -1.94. The second-order valence-electron chi connectivity index (χ2n) is 6.87. The van der Waals surface area contributed by atoms with Crippen molar-refractivity contribution in [3.05, 3.63) is 77.4 Å². The van der Waals surface area contributed by atoms with Crippen LogP contribution in [-0.2, 0) is 12.1 Å². The fourth-order valence-electron chi connectivity index (χ4n) is 3.13. The van der Waals surface area contributed by atoms with E-state index in [2.05, 4.69) is 15.4 Å². The topological polar surface area (TPSA) is 106 Å². The van der Waals surface area contributed by atoms with Crippen LogP contribution in [-0.4, -0.2) is 31.8 Å². The number of benzene rings is 2. The monoisotopic (exact) mass is 401 g/mol. The highest BCUT2D eigenvalue weighted by Crippen LogP contribution is 2.30. The van der Waals surface area contributed by atoms with Crippen LogP contribution < -0.4 is 11.1 Å². The normalized spacial score (nSPS) is 14.2. The highest BCUT2D eigenvalue weighted by atomic mass is 19.1. The zero-order valence-electron chi connectivity index (χ0n) is 15.9. The van der Waals surface area contributed by atoms with Gasteiger partial charge in [-0.1, -0.05) is 18.2 Å². The first-order valence-corrected chi connectivity index (χ1v) is 8.88. The first-order valence-electron chi connectivity index (χ1n) is 8.88. The Kier molecular flexibility index (Phi) is 5.60. The molecule has 0 aliphatic carbocycles. The third-order valence-electron chi connectivity index (χ3n) is 4.90. The molecule has 0 bridgehead atoms. The number of nitrogens with zero attached hydrogens (tertiary/aromatic N) is 3. The Balaban J connectivity index is 1.97. The van der Waals surface area contributed by atoms with E-state index in [0.717, 1.165) is 17.7 Å². The summed E-state index contributed by atoms with van der Waals surface area (Å²) in [4.78, 5) is 16.6. The van der Waals surface area contributed by atoms with E-state index in [1.807, 2.05) is 0 Å². The zero-order valence-corrected chi connectivity index (χ0v) is 15.9. The maximum atomic E-state index is 14.5. The molecule has 0 radical (unpaired) electrons. The average Bonchev–Trinajstić information content (AvgIpc) is 3.16. The van der Waals surface area contributed by atoms with E-state index in [1.54, 1.807) is 25.1 Å². The Morgan fingerprint density at radius 1 is 1.34 bits per heavy atom. The Bertz CT molecular complexity index is 1030. The number of carbonyl (C=O) groups is 1. The lowest BCUT2D eigenvalue weighted by Crippen LogP contribution is -2.52. The van der Waals surface area contributed by atoms with Crippen LogP contribution in [0.2, 0.25) is 0 Å². The lowest BCUT2D eigenvalue weighted by molar-refractivity contribution is -0.0186. The van der Waals surface area contributed by atoms with E-state index in [0.29, 0.717) is 11.8 Å². The van der Waals surface area contributed by atoms with Crippen LogP contribution >= 0.6 is 0 Å². The van der Waals surface area contributed by atoms with E-state index in [-0.39, 0.29) is 17.7 Å². The summed E-state index contributed by atoms with van der Waals surface area (Å²) < 4.78 is 29.2. The molecule has 0 saturated carbocycles. The van der Waals surface area contributed by atoms with Crippen molar-refractivity contribution in [3.63, 3.8) is 0 Å². The third kappa shape index (κ3) is 4.09. The summed E-state index contributed by atoms with van der Waals surface area (Å²) in [6, 6.07) is 6.88. The summed E-state index contributed by atoms with van der Waals surface area (Å²) in [6.45, 7) is 3.06. The molecule has 2 atom stereocenters. The van der Waals surface area contributed by atoms with Crippen molar-refractivity contribution in [2.75, 3.05) is 5.73 Å². The number of aliphatic hydroxyl groups is 1. The minimum absolute atomic E-state index is 0.181. The standard InChI is InChI=1S/C20H21F2N5O2/c1-12-4-3-5-15(18(12)23)19(28)26-13(2)20(29,9-27-11-24-10-25-27)16-7-6-14(21)8-17(16)22/h3-8,10-11,13,29H,9,23H2,1-2H3,(H,26,28)/t13-,20-/m1/s1. The molecule has 0 unspecified atom stereocenters. The number of hydrogen-bond donors (Lipinski definition) is 3. The van der Waals surface area contributed by atoms with Gasteiger partial charge in [0.2, 0.25) is 0 Å². The number of amides is 1. The third-order valence-corrected chi connectivity index (χ3v) is 4.90. The molecule has 4 N–H and O–H groups in total. The molecule has 152 valence electrons. The van der Waals surface area contributed by atoms with E-state index in [9.17, 15) is 18.7 Å². The number of aryl methyl sites for hydroxylation is 1. The average molecular weight is 401 g/mol. The second kappa shape index (κ2) is 7.96. The Morgan fingerprint density at radius 2 is 2.10 bits per heavy atom. The summed E-state index contributed by atoms with van der Waals surface area (Å²) in [5.74, 6) is -2.25. The Hall–Kier alpha value is -3.33. The Labute approximate surface area is 166 Å². The maximum absolute atomic E-state index is 14.5. The van der Waals surface area contributed by atoms with Crippen LogP contribution in [0.4, 0.5) is 14.5 Å². The molecule has 0 saturated heterocycles. The van der Waals surface area contributed by atoms with Crippen molar-refractivity contribution in [3.8, 4) is 0 Å². The summed E-state index contributed by atoms with van der Waals surface area (Å²) >= 11 is 0. The lowest BCUT2D eigenvalue weighted by Gasteiger charge is -2.35. The van der Waals surface area contributed by atoms with E-state index < -0.39 is 29.2 Å². The summed E-state index contributed by atoms with van der Waals surface area (Å²) in [5.41, 5.74) is 5.13. The van der Waals surface area contributed by atoms with E-state index in [4.69, 9.17) is 5.73 Å². The van der Waals surface area contributed by atoms with Gasteiger partial charge in [0.1, 0.15) is 29.9 Å². The van der Waals surface area contributed by atoms with Gasteiger partial charge < -0.3 is 16.2 Å². The van der Waals surface area contributed by atoms with Gasteiger partial charge in [-0.05, 0) is 31.5 Å². The molecule has 0 fully saturated rings. The molecule has 0 aliphatic rings. The number of nitrogens with two attached hydrogens (primary N) is 1. The van der Waals surface area contributed by atoms with E-state index >= 15 is 0 Å². The van der Waals surface area contributed by atoms with Crippen LogP contribution in [0.3, 0.4) is 0 Å².